The van der Waals surface area contributed by atoms with Crippen molar-refractivity contribution in [2.75, 3.05) is 20.3 Å². The van der Waals surface area contributed by atoms with E-state index in [4.69, 9.17) is 4.98 Å². The van der Waals surface area contributed by atoms with Gasteiger partial charge in [-0.15, -0.1) is 0 Å². The molecule has 0 saturated heterocycles. The first kappa shape index (κ1) is 23.7. The number of nitrogens with one attached hydrogen (secondary N) is 1. The highest BCUT2D eigenvalue weighted by Gasteiger charge is 2.28. The van der Waals surface area contributed by atoms with Crippen LogP contribution < -0.4 is 5.32 Å². The number of fused-ring (bicyclic) bond motifs is 1. The number of pyridine rings is 2. The smallest absolute Gasteiger partial charge is 0.0708 e. The quantitative estimate of drug-likeness (QED) is 0.461. The molecule has 2 aromatic heterocycles. The standard InChI is InChI=1S/C29H36N6/c1-33-18-7-19-35(33)23-34(28-11-3-2-8-26-9-6-17-32-29(26)28)22-25-14-12-24(13-15-25)20-30-21-27-10-4-5-16-31-27/h4-7,9-10,12-18,28,30H,2-3,8,11,19-23H2,1H3. The average Bonchev–Trinajstić information content (AvgIpc) is 3.17. The molecule has 1 aliphatic carbocycles. The van der Waals surface area contributed by atoms with E-state index >= 15 is 0 Å². The van der Waals surface area contributed by atoms with Crippen LogP contribution in [0.4, 0.5) is 0 Å². The lowest BCUT2D eigenvalue weighted by molar-refractivity contribution is -0.00966. The molecule has 5 rings (SSSR count). The Hall–Kier alpha value is -3.06. The number of hydrogen-bond acceptors (Lipinski definition) is 6. The zero-order valence-corrected chi connectivity index (χ0v) is 20.7. The molecule has 0 amide bonds. The number of nitrogens with zero attached hydrogens (tertiary/aromatic N) is 5. The summed E-state index contributed by atoms with van der Waals surface area (Å²) in [5.74, 6) is 0. The van der Waals surface area contributed by atoms with Gasteiger partial charge in [0.25, 0.3) is 0 Å². The third kappa shape index (κ3) is 6.14. The Kier molecular flexibility index (Phi) is 7.83. The van der Waals surface area contributed by atoms with Crippen molar-refractivity contribution in [1.29, 1.82) is 0 Å². The van der Waals surface area contributed by atoms with Crippen molar-refractivity contribution in [3.05, 3.63) is 107 Å². The first-order chi connectivity index (χ1) is 17.3. The second kappa shape index (κ2) is 11.6. The number of hydrogen-bond donors (Lipinski definition) is 1. The Morgan fingerprint density at radius 2 is 1.80 bits per heavy atom. The van der Waals surface area contributed by atoms with Crippen LogP contribution in [0.25, 0.3) is 0 Å². The first-order valence-electron chi connectivity index (χ1n) is 12.8. The fourth-order valence-electron chi connectivity index (χ4n) is 5.11. The number of rotatable bonds is 9. The Morgan fingerprint density at radius 3 is 2.60 bits per heavy atom. The molecular weight excluding hydrogens is 432 g/mol. The van der Waals surface area contributed by atoms with Crippen molar-refractivity contribution in [3.63, 3.8) is 0 Å². The second-order valence-corrected chi connectivity index (χ2v) is 9.59. The lowest BCUT2D eigenvalue weighted by atomic mass is 10.0. The number of aryl methyl sites for hydroxylation is 1. The SMILES string of the molecule is CN1C=CCN1CN(Cc1ccc(CNCc2ccccn2)cc1)C1CCCCc2cccnc21. The highest BCUT2D eigenvalue weighted by atomic mass is 15.6. The largest absolute Gasteiger partial charge is 0.315 e. The van der Waals surface area contributed by atoms with E-state index in [2.05, 4.69) is 87.0 Å². The van der Waals surface area contributed by atoms with Crippen LogP contribution in [0.3, 0.4) is 0 Å². The number of benzene rings is 1. The number of hydrazine groups is 1. The predicted octanol–water partition coefficient (Wildman–Crippen LogP) is 4.67. The van der Waals surface area contributed by atoms with E-state index in [-0.39, 0.29) is 0 Å². The molecule has 0 bridgehead atoms. The Balaban J connectivity index is 1.28. The fraction of sp³-hybridized carbons (Fsp3) is 0.379. The zero-order chi connectivity index (χ0) is 23.9. The summed E-state index contributed by atoms with van der Waals surface area (Å²) in [4.78, 5) is 11.9. The van der Waals surface area contributed by atoms with E-state index in [1.165, 1.54) is 35.2 Å². The fourth-order valence-corrected chi connectivity index (χ4v) is 5.11. The van der Waals surface area contributed by atoms with E-state index in [0.29, 0.717) is 6.04 Å². The minimum absolute atomic E-state index is 0.336. The Labute approximate surface area is 209 Å². The molecule has 0 saturated carbocycles. The molecule has 3 aromatic rings. The molecule has 1 atom stereocenters. The van der Waals surface area contributed by atoms with Gasteiger partial charge < -0.3 is 10.3 Å². The normalized spacial score (nSPS) is 18.1. The summed E-state index contributed by atoms with van der Waals surface area (Å²) in [6, 6.07) is 19.8. The topological polar surface area (TPSA) is 47.5 Å². The van der Waals surface area contributed by atoms with Crippen LogP contribution in [-0.4, -0.2) is 45.1 Å². The van der Waals surface area contributed by atoms with Gasteiger partial charge in [-0.3, -0.25) is 14.9 Å². The maximum atomic E-state index is 4.89. The third-order valence-corrected chi connectivity index (χ3v) is 7.05. The van der Waals surface area contributed by atoms with Gasteiger partial charge in [-0.2, -0.15) is 0 Å². The predicted molar refractivity (Wildman–Crippen MR) is 140 cm³/mol. The zero-order valence-electron chi connectivity index (χ0n) is 20.7. The minimum Gasteiger partial charge on any atom is -0.315 e. The molecule has 1 N–H and O–H groups in total. The molecule has 3 heterocycles. The Bertz CT molecular complexity index is 1100. The van der Waals surface area contributed by atoms with Gasteiger partial charge in [0.2, 0.25) is 0 Å². The molecule has 1 aliphatic heterocycles. The third-order valence-electron chi connectivity index (χ3n) is 7.05. The van der Waals surface area contributed by atoms with Gasteiger partial charge in [0.15, 0.2) is 0 Å². The molecule has 2 aliphatic rings. The van der Waals surface area contributed by atoms with Gasteiger partial charge in [0.05, 0.1) is 24.1 Å². The molecule has 0 radical (unpaired) electrons. The molecule has 1 aromatic carbocycles. The minimum atomic E-state index is 0.336. The average molecular weight is 469 g/mol. The summed E-state index contributed by atoms with van der Waals surface area (Å²) < 4.78 is 0. The van der Waals surface area contributed by atoms with E-state index in [0.717, 1.165) is 51.4 Å². The van der Waals surface area contributed by atoms with Gasteiger partial charge in [0, 0.05) is 51.8 Å². The summed E-state index contributed by atoms with van der Waals surface area (Å²) in [5, 5.41) is 8.10. The molecule has 0 spiro atoms. The van der Waals surface area contributed by atoms with E-state index in [1.807, 2.05) is 24.5 Å². The number of aromatic nitrogens is 2. The first-order valence-corrected chi connectivity index (χ1v) is 12.8. The highest BCUT2D eigenvalue weighted by Crippen LogP contribution is 2.33. The summed E-state index contributed by atoms with van der Waals surface area (Å²) in [5.41, 5.74) is 6.40. The van der Waals surface area contributed by atoms with Crippen LogP contribution in [0.1, 0.15) is 53.4 Å². The summed E-state index contributed by atoms with van der Waals surface area (Å²) in [7, 11) is 2.13. The molecular formula is C29H36N6. The molecule has 6 nitrogen and oxygen atoms in total. The summed E-state index contributed by atoms with van der Waals surface area (Å²) in [6.45, 7) is 4.37. The second-order valence-electron chi connectivity index (χ2n) is 9.59. The molecule has 1 unspecified atom stereocenters. The molecule has 35 heavy (non-hydrogen) atoms. The lowest BCUT2D eigenvalue weighted by Crippen LogP contribution is -2.43. The van der Waals surface area contributed by atoms with Crippen LogP contribution in [0.5, 0.6) is 0 Å². The Morgan fingerprint density at radius 1 is 0.943 bits per heavy atom. The lowest BCUT2D eigenvalue weighted by Gasteiger charge is -2.37. The van der Waals surface area contributed by atoms with Crippen molar-refractivity contribution in [2.45, 2.75) is 51.4 Å². The van der Waals surface area contributed by atoms with Crippen LogP contribution in [0.2, 0.25) is 0 Å². The van der Waals surface area contributed by atoms with Crippen LogP contribution >= 0.6 is 0 Å². The van der Waals surface area contributed by atoms with Crippen LogP contribution in [0, 0.1) is 0 Å². The molecule has 0 fully saturated rings. The van der Waals surface area contributed by atoms with E-state index < -0.39 is 0 Å². The van der Waals surface area contributed by atoms with Gasteiger partial charge >= 0.3 is 0 Å². The van der Waals surface area contributed by atoms with Crippen LogP contribution in [0.15, 0.2) is 79.3 Å². The monoisotopic (exact) mass is 468 g/mol. The maximum Gasteiger partial charge on any atom is 0.0708 e. The van der Waals surface area contributed by atoms with Crippen molar-refractivity contribution in [2.24, 2.45) is 0 Å². The van der Waals surface area contributed by atoms with Gasteiger partial charge in [-0.05, 0) is 54.2 Å². The van der Waals surface area contributed by atoms with Crippen molar-refractivity contribution in [3.8, 4) is 0 Å². The van der Waals surface area contributed by atoms with E-state index in [1.54, 1.807) is 0 Å². The highest BCUT2D eigenvalue weighted by molar-refractivity contribution is 5.26. The van der Waals surface area contributed by atoms with Gasteiger partial charge in [-0.1, -0.05) is 48.9 Å². The summed E-state index contributed by atoms with van der Waals surface area (Å²) >= 11 is 0. The summed E-state index contributed by atoms with van der Waals surface area (Å²) in [6.07, 6.45) is 13.0. The van der Waals surface area contributed by atoms with Crippen molar-refractivity contribution in [1.82, 2.24) is 30.2 Å². The van der Waals surface area contributed by atoms with Gasteiger partial charge in [0.1, 0.15) is 0 Å². The van der Waals surface area contributed by atoms with Crippen molar-refractivity contribution >= 4 is 0 Å². The van der Waals surface area contributed by atoms with Crippen LogP contribution in [-0.2, 0) is 26.1 Å². The van der Waals surface area contributed by atoms with Crippen molar-refractivity contribution < 1.29 is 0 Å². The maximum absolute atomic E-state index is 4.89. The van der Waals surface area contributed by atoms with Gasteiger partial charge in [-0.25, -0.2) is 5.01 Å². The molecule has 182 valence electrons. The molecule has 6 heteroatoms. The van der Waals surface area contributed by atoms with E-state index in [9.17, 15) is 0 Å².